The SMILES string of the molecule is C=C(CC)c1ccc(-c2cc3ccccc3cn2)cc1.C=C/C(C)=C\C=C(/C)CC. The summed E-state index contributed by atoms with van der Waals surface area (Å²) in [6.45, 7) is 16.2. The molecule has 0 N–H and O–H groups in total. The van der Waals surface area contributed by atoms with Crippen LogP contribution in [0.5, 0.6) is 0 Å². The molecule has 2 aromatic carbocycles. The van der Waals surface area contributed by atoms with Gasteiger partial charge < -0.3 is 0 Å². The summed E-state index contributed by atoms with van der Waals surface area (Å²) >= 11 is 0. The molecule has 30 heavy (non-hydrogen) atoms. The van der Waals surface area contributed by atoms with Gasteiger partial charge in [-0.2, -0.15) is 0 Å². The van der Waals surface area contributed by atoms with Gasteiger partial charge in [-0.1, -0.05) is 105 Å². The van der Waals surface area contributed by atoms with Crippen LogP contribution >= 0.6 is 0 Å². The zero-order valence-corrected chi connectivity index (χ0v) is 18.8. The standard InChI is InChI=1S/C19H17N.C10H16/c1-3-14(2)15-8-10-16(11-9-15)19-12-17-6-4-5-7-18(17)13-20-19;1-5-9(3)7-8-10(4)6-2/h4-13H,2-3H2,1H3;5,7-8H,1,6H2,2-4H3/b;9-7-,10-8+. The van der Waals surface area contributed by atoms with E-state index in [1.165, 1.54) is 33.1 Å². The predicted octanol–water partition coefficient (Wildman–Crippen LogP) is 8.80. The van der Waals surface area contributed by atoms with Gasteiger partial charge in [-0.3, -0.25) is 4.98 Å². The Morgan fingerprint density at radius 3 is 2.17 bits per heavy atom. The lowest BCUT2D eigenvalue weighted by molar-refractivity contribution is 1.10. The summed E-state index contributed by atoms with van der Waals surface area (Å²) < 4.78 is 0. The highest BCUT2D eigenvalue weighted by Gasteiger charge is 2.02. The van der Waals surface area contributed by atoms with E-state index in [4.69, 9.17) is 0 Å². The van der Waals surface area contributed by atoms with Gasteiger partial charge in [0.2, 0.25) is 0 Å². The van der Waals surface area contributed by atoms with Crippen molar-refractivity contribution in [1.82, 2.24) is 4.98 Å². The van der Waals surface area contributed by atoms with E-state index in [-0.39, 0.29) is 0 Å². The fraction of sp³-hybridized carbons (Fsp3) is 0.207. The first-order chi connectivity index (χ1) is 14.5. The summed E-state index contributed by atoms with van der Waals surface area (Å²) in [5.41, 5.74) is 7.15. The van der Waals surface area contributed by atoms with Crippen molar-refractivity contribution in [2.24, 2.45) is 0 Å². The molecule has 1 heterocycles. The Labute approximate surface area is 182 Å². The Morgan fingerprint density at radius 2 is 1.57 bits per heavy atom. The molecule has 0 aliphatic carbocycles. The lowest BCUT2D eigenvalue weighted by Crippen LogP contribution is -1.86. The number of aromatic nitrogens is 1. The van der Waals surface area contributed by atoms with Crippen LogP contribution in [-0.2, 0) is 0 Å². The third-order valence-corrected chi connectivity index (χ3v) is 5.16. The molecular weight excluding hydrogens is 362 g/mol. The molecule has 0 aliphatic rings. The number of hydrogen-bond acceptors (Lipinski definition) is 1. The van der Waals surface area contributed by atoms with Crippen molar-refractivity contribution >= 4 is 16.3 Å². The largest absolute Gasteiger partial charge is 0.256 e. The van der Waals surface area contributed by atoms with Gasteiger partial charge in [-0.25, -0.2) is 0 Å². The molecule has 0 fully saturated rings. The van der Waals surface area contributed by atoms with Crippen molar-refractivity contribution in [3.63, 3.8) is 0 Å². The average Bonchev–Trinajstić information content (AvgIpc) is 2.81. The van der Waals surface area contributed by atoms with Crippen LogP contribution in [0.15, 0.2) is 103 Å². The zero-order valence-electron chi connectivity index (χ0n) is 18.8. The van der Waals surface area contributed by atoms with Crippen LogP contribution in [0.4, 0.5) is 0 Å². The Morgan fingerprint density at radius 1 is 0.900 bits per heavy atom. The number of rotatable bonds is 6. The number of benzene rings is 2. The van der Waals surface area contributed by atoms with E-state index in [0.717, 1.165) is 24.1 Å². The fourth-order valence-electron chi connectivity index (χ4n) is 2.78. The molecule has 0 saturated heterocycles. The van der Waals surface area contributed by atoms with E-state index >= 15 is 0 Å². The third-order valence-electron chi connectivity index (χ3n) is 5.16. The molecule has 0 radical (unpaired) electrons. The molecule has 1 nitrogen and oxygen atoms in total. The highest BCUT2D eigenvalue weighted by atomic mass is 14.7. The molecule has 154 valence electrons. The smallest absolute Gasteiger partial charge is 0.0708 e. The summed E-state index contributed by atoms with van der Waals surface area (Å²) in [6.07, 6.45) is 10.1. The second-order valence-corrected chi connectivity index (χ2v) is 7.43. The molecule has 3 aromatic rings. The quantitative estimate of drug-likeness (QED) is 0.380. The zero-order chi connectivity index (χ0) is 21.9. The van der Waals surface area contributed by atoms with Crippen LogP contribution in [0, 0.1) is 0 Å². The first-order valence-electron chi connectivity index (χ1n) is 10.6. The van der Waals surface area contributed by atoms with Gasteiger partial charge in [-0.05, 0) is 49.3 Å². The average molecular weight is 396 g/mol. The van der Waals surface area contributed by atoms with Gasteiger partial charge in [-0.15, -0.1) is 0 Å². The first-order valence-corrected chi connectivity index (χ1v) is 10.6. The van der Waals surface area contributed by atoms with Gasteiger partial charge >= 0.3 is 0 Å². The molecule has 0 aliphatic heterocycles. The highest BCUT2D eigenvalue weighted by molar-refractivity contribution is 5.85. The Kier molecular flexibility index (Phi) is 9.03. The van der Waals surface area contributed by atoms with Crippen LogP contribution in [0.2, 0.25) is 0 Å². The molecule has 0 amide bonds. The maximum absolute atomic E-state index is 4.55. The summed E-state index contributed by atoms with van der Waals surface area (Å²) in [5, 5.41) is 2.40. The summed E-state index contributed by atoms with van der Waals surface area (Å²) in [4.78, 5) is 4.55. The van der Waals surface area contributed by atoms with Gasteiger partial charge in [0.05, 0.1) is 5.69 Å². The van der Waals surface area contributed by atoms with Crippen molar-refractivity contribution < 1.29 is 0 Å². The Balaban J connectivity index is 0.000000274. The van der Waals surface area contributed by atoms with Gasteiger partial charge in [0.15, 0.2) is 0 Å². The number of fused-ring (bicyclic) bond motifs is 1. The molecule has 1 heteroatoms. The summed E-state index contributed by atoms with van der Waals surface area (Å²) in [5.74, 6) is 0. The summed E-state index contributed by atoms with van der Waals surface area (Å²) in [7, 11) is 0. The van der Waals surface area contributed by atoms with Crippen LogP contribution in [0.3, 0.4) is 0 Å². The number of hydrogen-bond donors (Lipinski definition) is 0. The first kappa shape index (κ1) is 23.1. The monoisotopic (exact) mass is 395 g/mol. The van der Waals surface area contributed by atoms with Gasteiger partial charge in [0.25, 0.3) is 0 Å². The molecule has 0 atom stereocenters. The van der Waals surface area contributed by atoms with Crippen LogP contribution in [-0.4, -0.2) is 4.98 Å². The van der Waals surface area contributed by atoms with Crippen LogP contribution < -0.4 is 0 Å². The molecule has 0 saturated carbocycles. The maximum Gasteiger partial charge on any atom is 0.0708 e. The minimum Gasteiger partial charge on any atom is -0.256 e. The van der Waals surface area contributed by atoms with E-state index in [1.807, 2.05) is 25.3 Å². The van der Waals surface area contributed by atoms with Crippen LogP contribution in [0.1, 0.15) is 46.1 Å². The third kappa shape index (κ3) is 6.70. The molecule has 3 rings (SSSR count). The van der Waals surface area contributed by atoms with E-state index < -0.39 is 0 Å². The molecular formula is C29H33N. The van der Waals surface area contributed by atoms with Crippen molar-refractivity contribution in [3.05, 3.63) is 109 Å². The van der Waals surface area contributed by atoms with E-state index in [0.29, 0.717) is 0 Å². The molecule has 0 unspecified atom stereocenters. The molecule has 1 aromatic heterocycles. The predicted molar refractivity (Wildman–Crippen MR) is 135 cm³/mol. The van der Waals surface area contributed by atoms with Crippen molar-refractivity contribution in [2.75, 3.05) is 0 Å². The van der Waals surface area contributed by atoms with Gasteiger partial charge in [0.1, 0.15) is 0 Å². The Hall–Kier alpha value is -3.19. The fourth-order valence-corrected chi connectivity index (χ4v) is 2.78. The summed E-state index contributed by atoms with van der Waals surface area (Å²) in [6, 6.07) is 18.9. The second-order valence-electron chi connectivity index (χ2n) is 7.43. The molecule has 0 bridgehead atoms. The van der Waals surface area contributed by atoms with Crippen molar-refractivity contribution in [1.29, 1.82) is 0 Å². The van der Waals surface area contributed by atoms with E-state index in [2.05, 4.69) is 99.6 Å². The Bertz CT molecular complexity index is 1050. The number of pyridine rings is 1. The number of nitrogens with zero attached hydrogens (tertiary/aromatic N) is 1. The van der Waals surface area contributed by atoms with E-state index in [9.17, 15) is 0 Å². The second kappa shape index (κ2) is 11.7. The van der Waals surface area contributed by atoms with Gasteiger partial charge in [0, 0.05) is 17.1 Å². The number of allylic oxidation sites excluding steroid dienone is 6. The van der Waals surface area contributed by atoms with E-state index in [1.54, 1.807) is 0 Å². The minimum absolute atomic E-state index is 0.980. The highest BCUT2D eigenvalue weighted by Crippen LogP contribution is 2.24. The lowest BCUT2D eigenvalue weighted by atomic mass is 10.0. The maximum atomic E-state index is 4.55. The topological polar surface area (TPSA) is 12.9 Å². The molecule has 0 spiro atoms. The lowest BCUT2D eigenvalue weighted by Gasteiger charge is -2.06. The van der Waals surface area contributed by atoms with Crippen molar-refractivity contribution in [2.45, 2.75) is 40.5 Å². The van der Waals surface area contributed by atoms with Crippen LogP contribution in [0.25, 0.3) is 27.6 Å². The normalized spacial score (nSPS) is 11.6. The minimum atomic E-state index is 0.980. The van der Waals surface area contributed by atoms with Crippen molar-refractivity contribution in [3.8, 4) is 11.3 Å².